The fourth-order valence-electron chi connectivity index (χ4n) is 3.79. The Hall–Kier alpha value is -2.97. The number of amides is 1. The number of aliphatic hydroxyl groups excluding tert-OH is 1. The van der Waals surface area contributed by atoms with Crippen molar-refractivity contribution in [3.05, 3.63) is 65.6 Å². The van der Waals surface area contributed by atoms with E-state index in [1.165, 1.54) is 17.2 Å². The van der Waals surface area contributed by atoms with Crippen LogP contribution >= 0.6 is 0 Å². The summed E-state index contributed by atoms with van der Waals surface area (Å²) in [6.07, 6.45) is 3.71. The highest BCUT2D eigenvalue weighted by atomic mass is 16.5. The van der Waals surface area contributed by atoms with Crippen molar-refractivity contribution >= 4 is 11.7 Å². The summed E-state index contributed by atoms with van der Waals surface area (Å²) in [6, 6.07) is 7.68. The minimum atomic E-state index is -0.744. The molecular formula is C21H23N3O5. The average Bonchev–Trinajstić information content (AvgIpc) is 3.38. The summed E-state index contributed by atoms with van der Waals surface area (Å²) in [4.78, 5) is 33.9. The summed E-state index contributed by atoms with van der Waals surface area (Å²) in [5.41, 5.74) is 0.543. The van der Waals surface area contributed by atoms with Crippen LogP contribution in [0.4, 0.5) is 0 Å². The van der Waals surface area contributed by atoms with Crippen LogP contribution in [0.15, 0.2) is 58.5 Å². The van der Waals surface area contributed by atoms with Crippen LogP contribution in [0.5, 0.6) is 0 Å². The first-order valence-corrected chi connectivity index (χ1v) is 9.70. The Balaban J connectivity index is 1.57. The highest BCUT2D eigenvalue weighted by Gasteiger charge is 2.44. The SMILES string of the molecule is O=C(C1=C(O)C(=O)N(CCCN2CCOCC2)[C@@H]1c1ccccn1)c1ccco1. The zero-order valence-electron chi connectivity index (χ0n) is 16.0. The Bertz CT molecular complexity index is 888. The van der Waals surface area contributed by atoms with Crippen LogP contribution in [0, 0.1) is 0 Å². The van der Waals surface area contributed by atoms with E-state index in [1.807, 2.05) is 0 Å². The summed E-state index contributed by atoms with van der Waals surface area (Å²) in [5, 5.41) is 10.5. The van der Waals surface area contributed by atoms with Crippen LogP contribution in [0.1, 0.15) is 28.7 Å². The Morgan fingerprint density at radius 3 is 2.69 bits per heavy atom. The van der Waals surface area contributed by atoms with Crippen molar-refractivity contribution in [3.8, 4) is 0 Å². The minimum absolute atomic E-state index is 0.00928. The van der Waals surface area contributed by atoms with Gasteiger partial charge in [-0.2, -0.15) is 0 Å². The van der Waals surface area contributed by atoms with Crippen molar-refractivity contribution < 1.29 is 23.8 Å². The molecule has 2 aliphatic rings. The molecule has 0 aliphatic carbocycles. The van der Waals surface area contributed by atoms with E-state index in [9.17, 15) is 14.7 Å². The molecule has 0 radical (unpaired) electrons. The van der Waals surface area contributed by atoms with Gasteiger partial charge in [0.05, 0.1) is 30.7 Å². The number of furan rings is 1. The molecule has 4 rings (SSSR count). The minimum Gasteiger partial charge on any atom is -0.503 e. The van der Waals surface area contributed by atoms with E-state index >= 15 is 0 Å². The average molecular weight is 397 g/mol. The number of carbonyl (C=O) groups excluding carboxylic acids is 2. The quantitative estimate of drug-likeness (QED) is 0.714. The molecule has 4 heterocycles. The van der Waals surface area contributed by atoms with Gasteiger partial charge < -0.3 is 19.2 Å². The first-order chi connectivity index (χ1) is 14.2. The highest BCUT2D eigenvalue weighted by molar-refractivity contribution is 6.14. The van der Waals surface area contributed by atoms with E-state index in [2.05, 4.69) is 9.88 Å². The van der Waals surface area contributed by atoms with Gasteiger partial charge in [0.15, 0.2) is 11.5 Å². The number of morpholine rings is 1. The first kappa shape index (κ1) is 19.4. The van der Waals surface area contributed by atoms with E-state index in [4.69, 9.17) is 9.15 Å². The number of ether oxygens (including phenoxy) is 1. The zero-order valence-corrected chi connectivity index (χ0v) is 16.0. The van der Waals surface area contributed by atoms with E-state index < -0.39 is 23.5 Å². The monoisotopic (exact) mass is 397 g/mol. The van der Waals surface area contributed by atoms with E-state index in [-0.39, 0.29) is 11.3 Å². The van der Waals surface area contributed by atoms with Gasteiger partial charge in [-0.1, -0.05) is 6.07 Å². The fourth-order valence-corrected chi connectivity index (χ4v) is 3.79. The lowest BCUT2D eigenvalue weighted by molar-refractivity contribution is -0.129. The van der Waals surface area contributed by atoms with Gasteiger partial charge in [-0.3, -0.25) is 19.5 Å². The van der Waals surface area contributed by atoms with Gasteiger partial charge in [-0.05, 0) is 30.7 Å². The third-order valence-corrected chi connectivity index (χ3v) is 5.24. The molecule has 1 atom stereocenters. The van der Waals surface area contributed by atoms with Crippen LogP contribution in [0.3, 0.4) is 0 Å². The molecule has 1 amide bonds. The van der Waals surface area contributed by atoms with Crippen molar-refractivity contribution in [2.45, 2.75) is 12.5 Å². The zero-order chi connectivity index (χ0) is 20.2. The third kappa shape index (κ3) is 3.94. The topological polar surface area (TPSA) is 96.1 Å². The third-order valence-electron chi connectivity index (χ3n) is 5.24. The largest absolute Gasteiger partial charge is 0.503 e. The lowest BCUT2D eigenvalue weighted by atomic mass is 9.98. The van der Waals surface area contributed by atoms with Crippen molar-refractivity contribution in [2.24, 2.45) is 0 Å². The molecule has 1 saturated heterocycles. The van der Waals surface area contributed by atoms with Crippen molar-refractivity contribution in [1.29, 1.82) is 0 Å². The summed E-state index contributed by atoms with van der Waals surface area (Å²) < 4.78 is 10.6. The number of aromatic nitrogens is 1. The Morgan fingerprint density at radius 1 is 1.17 bits per heavy atom. The molecule has 152 valence electrons. The molecular weight excluding hydrogens is 374 g/mol. The van der Waals surface area contributed by atoms with Crippen LogP contribution in [-0.2, 0) is 9.53 Å². The molecule has 29 heavy (non-hydrogen) atoms. The number of hydrogen-bond acceptors (Lipinski definition) is 7. The maximum Gasteiger partial charge on any atom is 0.290 e. The number of aliphatic hydroxyl groups is 1. The summed E-state index contributed by atoms with van der Waals surface area (Å²) in [7, 11) is 0. The lowest BCUT2D eigenvalue weighted by Gasteiger charge is -2.29. The maximum absolute atomic E-state index is 13.0. The van der Waals surface area contributed by atoms with Gasteiger partial charge in [0.25, 0.3) is 5.91 Å². The number of hydrogen-bond donors (Lipinski definition) is 1. The number of rotatable bonds is 7. The van der Waals surface area contributed by atoms with Gasteiger partial charge in [-0.15, -0.1) is 0 Å². The summed E-state index contributed by atoms with van der Waals surface area (Å²) in [5.74, 6) is -1.52. The number of pyridine rings is 1. The second-order valence-corrected chi connectivity index (χ2v) is 7.03. The molecule has 0 saturated carbocycles. The lowest BCUT2D eigenvalue weighted by Crippen LogP contribution is -2.39. The molecule has 0 unspecified atom stereocenters. The fraction of sp³-hybridized carbons (Fsp3) is 0.381. The molecule has 0 spiro atoms. The Morgan fingerprint density at radius 2 is 2.00 bits per heavy atom. The molecule has 1 N–H and O–H groups in total. The number of Topliss-reactive ketones (excluding diaryl/α,β-unsaturated/α-hetero) is 1. The van der Waals surface area contributed by atoms with Gasteiger partial charge in [0, 0.05) is 32.4 Å². The smallest absolute Gasteiger partial charge is 0.290 e. The number of carbonyl (C=O) groups is 2. The predicted octanol–water partition coefficient (Wildman–Crippen LogP) is 1.98. The summed E-state index contributed by atoms with van der Waals surface area (Å²) >= 11 is 0. The Kier molecular flexibility index (Phi) is 5.73. The van der Waals surface area contributed by atoms with Crippen molar-refractivity contribution in [1.82, 2.24) is 14.8 Å². The predicted molar refractivity (Wildman–Crippen MR) is 103 cm³/mol. The molecule has 8 nitrogen and oxygen atoms in total. The molecule has 2 aromatic rings. The molecule has 1 fully saturated rings. The van der Waals surface area contributed by atoms with Gasteiger partial charge in [-0.25, -0.2) is 0 Å². The Labute approximate surface area is 168 Å². The summed E-state index contributed by atoms with van der Waals surface area (Å²) in [6.45, 7) is 4.36. The molecule has 0 bridgehead atoms. The molecule has 2 aromatic heterocycles. The second-order valence-electron chi connectivity index (χ2n) is 7.03. The van der Waals surface area contributed by atoms with E-state index in [1.54, 1.807) is 30.5 Å². The molecule has 2 aliphatic heterocycles. The van der Waals surface area contributed by atoms with Crippen LogP contribution in [-0.4, -0.2) is 71.0 Å². The maximum atomic E-state index is 13.0. The molecule has 0 aromatic carbocycles. The molecule has 8 heteroatoms. The van der Waals surface area contributed by atoms with Gasteiger partial charge in [0.2, 0.25) is 5.78 Å². The van der Waals surface area contributed by atoms with Crippen LogP contribution < -0.4 is 0 Å². The van der Waals surface area contributed by atoms with Crippen molar-refractivity contribution in [3.63, 3.8) is 0 Å². The van der Waals surface area contributed by atoms with E-state index in [0.29, 0.717) is 31.9 Å². The van der Waals surface area contributed by atoms with Crippen LogP contribution in [0.2, 0.25) is 0 Å². The second kappa shape index (κ2) is 8.59. The van der Waals surface area contributed by atoms with Gasteiger partial charge >= 0.3 is 0 Å². The van der Waals surface area contributed by atoms with E-state index in [0.717, 1.165) is 19.6 Å². The first-order valence-electron chi connectivity index (χ1n) is 9.70. The highest BCUT2D eigenvalue weighted by Crippen LogP contribution is 2.38. The number of nitrogens with zero attached hydrogens (tertiary/aromatic N) is 3. The van der Waals surface area contributed by atoms with Crippen LogP contribution in [0.25, 0.3) is 0 Å². The van der Waals surface area contributed by atoms with Gasteiger partial charge in [0.1, 0.15) is 6.04 Å². The standard InChI is InChI=1S/C21H23N3O5/c25-19(16-6-3-12-29-16)17-18(15-5-1-2-7-22-15)24(21(27)20(17)26)9-4-8-23-10-13-28-14-11-23/h1-3,5-7,12,18,26H,4,8-11,13-14H2/t18-/m1/s1. The normalized spacial score (nSPS) is 20.5. The number of ketones is 1. The van der Waals surface area contributed by atoms with Crippen molar-refractivity contribution in [2.75, 3.05) is 39.4 Å².